The molecule has 0 aliphatic carbocycles. The van der Waals surface area contributed by atoms with E-state index in [1.807, 2.05) is 6.07 Å². The molecule has 0 saturated carbocycles. The van der Waals surface area contributed by atoms with Crippen molar-refractivity contribution in [3.63, 3.8) is 0 Å². The van der Waals surface area contributed by atoms with Crippen LogP contribution in [0.15, 0.2) is 42.5 Å². The normalized spacial score (nSPS) is 15.5. The Labute approximate surface area is 173 Å². The number of hydrogen-bond donors (Lipinski definition) is 0. The molecule has 1 heterocycles. The van der Waals surface area contributed by atoms with Crippen molar-refractivity contribution < 1.29 is 28.7 Å². The third-order valence-electron chi connectivity index (χ3n) is 5.01. The molecule has 0 spiro atoms. The van der Waals surface area contributed by atoms with Crippen LogP contribution in [0, 0.1) is 10.1 Å². The maximum absolute atomic E-state index is 12.7. The molecule has 0 radical (unpaired) electrons. The van der Waals surface area contributed by atoms with Crippen LogP contribution in [-0.4, -0.2) is 49.1 Å². The van der Waals surface area contributed by atoms with Gasteiger partial charge in [0.15, 0.2) is 6.61 Å². The van der Waals surface area contributed by atoms with Gasteiger partial charge in [0.1, 0.15) is 11.5 Å². The third-order valence-corrected chi connectivity index (χ3v) is 5.01. The molecule has 9 heteroatoms. The summed E-state index contributed by atoms with van der Waals surface area (Å²) < 4.78 is 15.9. The van der Waals surface area contributed by atoms with Gasteiger partial charge in [0.05, 0.1) is 30.7 Å². The molecule has 0 aromatic heterocycles. The molecule has 1 aliphatic heterocycles. The van der Waals surface area contributed by atoms with Crippen molar-refractivity contribution in [3.05, 3.63) is 63.7 Å². The number of methoxy groups -OCH3 is 2. The molecule has 0 N–H and O–H groups in total. The van der Waals surface area contributed by atoms with Crippen LogP contribution in [0.1, 0.15) is 34.8 Å². The average molecular weight is 414 g/mol. The number of esters is 1. The lowest BCUT2D eigenvalue weighted by Gasteiger charge is -2.26. The second-order valence-corrected chi connectivity index (χ2v) is 6.73. The molecule has 9 nitrogen and oxygen atoms in total. The molecular formula is C21H22N2O7. The first-order valence-electron chi connectivity index (χ1n) is 9.37. The highest BCUT2D eigenvalue weighted by Gasteiger charge is 2.32. The third kappa shape index (κ3) is 4.51. The summed E-state index contributed by atoms with van der Waals surface area (Å²) in [6, 6.07) is 10.2. The maximum Gasteiger partial charge on any atom is 0.338 e. The van der Waals surface area contributed by atoms with Crippen LogP contribution in [0.5, 0.6) is 11.5 Å². The fourth-order valence-corrected chi connectivity index (χ4v) is 3.50. The average Bonchev–Trinajstić information content (AvgIpc) is 3.26. The Bertz CT molecular complexity index is 943. The fraction of sp³-hybridized carbons (Fsp3) is 0.333. The van der Waals surface area contributed by atoms with E-state index in [1.165, 1.54) is 24.3 Å². The fourth-order valence-electron chi connectivity index (χ4n) is 3.50. The van der Waals surface area contributed by atoms with Crippen LogP contribution < -0.4 is 9.47 Å². The molecule has 1 aliphatic rings. The van der Waals surface area contributed by atoms with E-state index in [0.717, 1.165) is 18.4 Å². The van der Waals surface area contributed by atoms with Crippen molar-refractivity contribution in [2.75, 3.05) is 27.4 Å². The summed E-state index contributed by atoms with van der Waals surface area (Å²) in [6.07, 6.45) is 1.57. The molecule has 3 rings (SSSR count). The van der Waals surface area contributed by atoms with E-state index in [0.29, 0.717) is 18.0 Å². The molecule has 2 aromatic carbocycles. The van der Waals surface area contributed by atoms with E-state index in [9.17, 15) is 19.7 Å². The minimum Gasteiger partial charge on any atom is -0.497 e. The predicted molar refractivity (Wildman–Crippen MR) is 107 cm³/mol. The lowest BCUT2D eigenvalue weighted by atomic mass is 10.0. The Balaban J connectivity index is 1.67. The Kier molecular flexibility index (Phi) is 6.51. The van der Waals surface area contributed by atoms with Gasteiger partial charge in [-0.15, -0.1) is 0 Å². The molecule has 2 aromatic rings. The lowest BCUT2D eigenvalue weighted by molar-refractivity contribution is -0.384. The zero-order valence-electron chi connectivity index (χ0n) is 16.7. The first-order valence-corrected chi connectivity index (χ1v) is 9.37. The highest BCUT2D eigenvalue weighted by Crippen LogP contribution is 2.38. The van der Waals surface area contributed by atoms with Gasteiger partial charge < -0.3 is 19.1 Å². The number of carbonyl (C=O) groups excluding carboxylic acids is 2. The second kappa shape index (κ2) is 9.25. The maximum atomic E-state index is 12.7. The van der Waals surface area contributed by atoms with Crippen LogP contribution in [-0.2, 0) is 9.53 Å². The predicted octanol–water partition coefficient (Wildman–Crippen LogP) is 3.13. The number of nitrogens with zero attached hydrogens (tertiary/aromatic N) is 2. The van der Waals surface area contributed by atoms with Gasteiger partial charge in [-0.05, 0) is 43.2 Å². The highest BCUT2D eigenvalue weighted by molar-refractivity contribution is 5.91. The molecule has 158 valence electrons. The number of hydrogen-bond acceptors (Lipinski definition) is 7. The summed E-state index contributed by atoms with van der Waals surface area (Å²) in [7, 11) is 3.14. The summed E-state index contributed by atoms with van der Waals surface area (Å²) >= 11 is 0. The number of likely N-dealkylation sites (tertiary alicyclic amines) is 1. The van der Waals surface area contributed by atoms with E-state index >= 15 is 0 Å². The Morgan fingerprint density at radius 3 is 2.50 bits per heavy atom. The topological polar surface area (TPSA) is 108 Å². The first kappa shape index (κ1) is 21.1. The standard InChI is InChI=1S/C21H22N2O7/c1-28-16-9-10-19(29-2)17(12-16)18-4-3-11-22(18)20(24)13-30-21(25)14-5-7-15(8-6-14)23(26)27/h5-10,12,18H,3-4,11,13H2,1-2H3/t18-/m1/s1. The Morgan fingerprint density at radius 1 is 1.13 bits per heavy atom. The SMILES string of the molecule is COc1ccc(OC)c([C@H]2CCCN2C(=O)COC(=O)c2ccc([N+](=O)[O-])cc2)c1. The van der Waals surface area contributed by atoms with Gasteiger partial charge in [-0.1, -0.05) is 0 Å². The van der Waals surface area contributed by atoms with Gasteiger partial charge >= 0.3 is 5.97 Å². The Hall–Kier alpha value is -3.62. The van der Waals surface area contributed by atoms with E-state index in [2.05, 4.69) is 0 Å². The van der Waals surface area contributed by atoms with Gasteiger partial charge in [-0.3, -0.25) is 14.9 Å². The zero-order chi connectivity index (χ0) is 21.7. The van der Waals surface area contributed by atoms with Gasteiger partial charge in [-0.2, -0.15) is 0 Å². The highest BCUT2D eigenvalue weighted by atomic mass is 16.6. The molecule has 1 fully saturated rings. The second-order valence-electron chi connectivity index (χ2n) is 6.73. The Morgan fingerprint density at radius 2 is 1.87 bits per heavy atom. The number of nitro groups is 1. The lowest BCUT2D eigenvalue weighted by Crippen LogP contribution is -2.34. The molecule has 30 heavy (non-hydrogen) atoms. The summed E-state index contributed by atoms with van der Waals surface area (Å²) in [5, 5.41) is 10.7. The van der Waals surface area contributed by atoms with Gasteiger partial charge in [0.2, 0.25) is 0 Å². The van der Waals surface area contributed by atoms with Crippen molar-refractivity contribution in [1.29, 1.82) is 0 Å². The number of ether oxygens (including phenoxy) is 3. The van der Waals surface area contributed by atoms with E-state index in [1.54, 1.807) is 31.3 Å². The number of non-ortho nitro benzene ring substituents is 1. The van der Waals surface area contributed by atoms with Crippen LogP contribution in [0.2, 0.25) is 0 Å². The number of carbonyl (C=O) groups is 2. The molecule has 1 amide bonds. The first-order chi connectivity index (χ1) is 14.4. The van der Waals surface area contributed by atoms with Crippen molar-refractivity contribution in [2.45, 2.75) is 18.9 Å². The molecule has 0 unspecified atom stereocenters. The van der Waals surface area contributed by atoms with Crippen LogP contribution in [0.4, 0.5) is 5.69 Å². The van der Waals surface area contributed by atoms with Crippen molar-refractivity contribution in [3.8, 4) is 11.5 Å². The van der Waals surface area contributed by atoms with Crippen molar-refractivity contribution >= 4 is 17.6 Å². The number of benzene rings is 2. The number of nitro benzene ring substituents is 1. The largest absolute Gasteiger partial charge is 0.497 e. The molecule has 0 bridgehead atoms. The monoisotopic (exact) mass is 414 g/mol. The van der Waals surface area contributed by atoms with Gasteiger partial charge in [-0.25, -0.2) is 4.79 Å². The number of amides is 1. The van der Waals surface area contributed by atoms with Crippen molar-refractivity contribution in [1.82, 2.24) is 4.90 Å². The zero-order valence-corrected chi connectivity index (χ0v) is 16.7. The van der Waals surface area contributed by atoms with Gasteiger partial charge in [0.25, 0.3) is 11.6 Å². The van der Waals surface area contributed by atoms with Crippen LogP contribution in [0.25, 0.3) is 0 Å². The van der Waals surface area contributed by atoms with E-state index in [-0.39, 0.29) is 23.2 Å². The molecule has 1 atom stereocenters. The summed E-state index contributed by atoms with van der Waals surface area (Å²) in [5.41, 5.74) is 0.847. The van der Waals surface area contributed by atoms with E-state index in [4.69, 9.17) is 14.2 Å². The van der Waals surface area contributed by atoms with Gasteiger partial charge in [0, 0.05) is 24.2 Å². The van der Waals surface area contributed by atoms with Crippen molar-refractivity contribution in [2.24, 2.45) is 0 Å². The molecule has 1 saturated heterocycles. The summed E-state index contributed by atoms with van der Waals surface area (Å²) in [6.45, 7) is 0.123. The minimum absolute atomic E-state index is 0.130. The smallest absolute Gasteiger partial charge is 0.338 e. The summed E-state index contributed by atoms with van der Waals surface area (Å²) in [4.78, 5) is 36.7. The van der Waals surface area contributed by atoms with E-state index < -0.39 is 17.5 Å². The van der Waals surface area contributed by atoms with Crippen LogP contribution >= 0.6 is 0 Å². The quantitative estimate of drug-likeness (QED) is 0.389. The van der Waals surface area contributed by atoms with Crippen LogP contribution in [0.3, 0.4) is 0 Å². The summed E-state index contributed by atoms with van der Waals surface area (Å²) in [5.74, 6) is 0.281. The number of rotatable bonds is 7. The minimum atomic E-state index is -0.715. The molecular weight excluding hydrogens is 392 g/mol.